The van der Waals surface area contributed by atoms with Crippen LogP contribution >= 0.6 is 11.3 Å². The third-order valence-electron chi connectivity index (χ3n) is 6.27. The van der Waals surface area contributed by atoms with Crippen LogP contribution in [-0.4, -0.2) is 41.3 Å². The van der Waals surface area contributed by atoms with Crippen molar-refractivity contribution >= 4 is 29.0 Å². The molecule has 1 amide bonds. The first-order chi connectivity index (χ1) is 14.0. The second kappa shape index (κ2) is 6.69. The Morgan fingerprint density at radius 1 is 1.21 bits per heavy atom. The Balaban J connectivity index is 1.57. The van der Waals surface area contributed by atoms with Crippen LogP contribution in [0.2, 0.25) is 0 Å². The monoisotopic (exact) mass is 411 g/mol. The maximum Gasteiger partial charge on any atom is 0.312 e. The molecule has 0 saturated carbocycles. The van der Waals surface area contributed by atoms with Gasteiger partial charge in [0.2, 0.25) is 5.91 Å². The minimum Gasteiger partial charge on any atom is -0.485 e. The Kier molecular flexibility index (Phi) is 4.24. The molecule has 0 radical (unpaired) electrons. The van der Waals surface area contributed by atoms with Crippen molar-refractivity contribution in [2.24, 2.45) is 0 Å². The van der Waals surface area contributed by atoms with Crippen LogP contribution in [0.5, 0.6) is 11.5 Å². The van der Waals surface area contributed by atoms with Gasteiger partial charge in [-0.3, -0.25) is 14.4 Å². The second-order valence-electron chi connectivity index (χ2n) is 8.03. The molecule has 5 rings (SSSR count). The summed E-state index contributed by atoms with van der Waals surface area (Å²) in [6.07, 6.45) is 1.77. The molecule has 4 heterocycles. The van der Waals surface area contributed by atoms with Crippen LogP contribution in [0.15, 0.2) is 29.0 Å². The summed E-state index contributed by atoms with van der Waals surface area (Å²) in [4.78, 5) is 38.7. The van der Waals surface area contributed by atoms with E-state index in [1.165, 1.54) is 0 Å². The number of nitrogens with zero attached hydrogens (tertiary/aromatic N) is 1. The second-order valence-corrected chi connectivity index (χ2v) is 8.81. The Labute approximate surface area is 172 Å². The number of fused-ring (bicyclic) bond motifs is 3. The molecular formula is C22H21NO5S. The van der Waals surface area contributed by atoms with Gasteiger partial charge in [0, 0.05) is 44.3 Å². The lowest BCUT2D eigenvalue weighted by Crippen LogP contribution is -2.52. The summed E-state index contributed by atoms with van der Waals surface area (Å²) in [6, 6.07) is 5.42. The first-order valence-electron chi connectivity index (χ1n) is 9.83. The van der Waals surface area contributed by atoms with Gasteiger partial charge in [-0.1, -0.05) is 0 Å². The van der Waals surface area contributed by atoms with E-state index in [1.807, 2.05) is 16.8 Å². The van der Waals surface area contributed by atoms with E-state index in [1.54, 1.807) is 35.3 Å². The number of carbonyl (C=O) groups is 3. The molecule has 1 spiro atoms. The maximum atomic E-state index is 13.1. The fraction of sp³-hybridized carbons (Fsp3) is 0.409. The lowest BCUT2D eigenvalue weighted by atomic mass is 9.79. The summed E-state index contributed by atoms with van der Waals surface area (Å²) in [7, 11) is 0. The van der Waals surface area contributed by atoms with E-state index in [0.29, 0.717) is 49.4 Å². The SMILES string of the molecule is CC(=O)N1CCC2(CC1)CC(=O)c1ccc3c(c1O2)C(c1ccsc1)CC(=O)O3. The van der Waals surface area contributed by atoms with E-state index in [4.69, 9.17) is 9.47 Å². The van der Waals surface area contributed by atoms with Crippen LogP contribution in [0.25, 0.3) is 0 Å². The van der Waals surface area contributed by atoms with Crippen molar-refractivity contribution in [3.05, 3.63) is 45.6 Å². The fourth-order valence-electron chi connectivity index (χ4n) is 4.67. The molecule has 1 aromatic heterocycles. The van der Waals surface area contributed by atoms with Crippen LogP contribution < -0.4 is 9.47 Å². The van der Waals surface area contributed by atoms with Gasteiger partial charge < -0.3 is 14.4 Å². The average Bonchev–Trinajstić information content (AvgIpc) is 3.22. The number of Topliss-reactive ketones (excluding diaryl/α,β-unsaturated/α-hetero) is 1. The van der Waals surface area contributed by atoms with Crippen molar-refractivity contribution in [2.75, 3.05) is 13.1 Å². The van der Waals surface area contributed by atoms with Gasteiger partial charge in [0.05, 0.1) is 18.4 Å². The van der Waals surface area contributed by atoms with E-state index in [0.717, 1.165) is 11.1 Å². The molecule has 6 nitrogen and oxygen atoms in total. The quantitative estimate of drug-likeness (QED) is 0.530. The molecule has 1 fully saturated rings. The lowest BCUT2D eigenvalue weighted by molar-refractivity contribution is -0.135. The van der Waals surface area contributed by atoms with Crippen molar-refractivity contribution in [2.45, 2.75) is 44.1 Å². The molecule has 1 atom stereocenters. The molecular weight excluding hydrogens is 390 g/mol. The molecule has 3 aliphatic heterocycles. The van der Waals surface area contributed by atoms with E-state index < -0.39 is 5.60 Å². The molecule has 7 heteroatoms. The van der Waals surface area contributed by atoms with Crippen molar-refractivity contribution < 1.29 is 23.9 Å². The number of ketones is 1. The predicted octanol–water partition coefficient (Wildman–Crippen LogP) is 3.54. The number of rotatable bonds is 1. The van der Waals surface area contributed by atoms with Gasteiger partial charge in [0.15, 0.2) is 5.78 Å². The van der Waals surface area contributed by atoms with Gasteiger partial charge in [0.25, 0.3) is 0 Å². The van der Waals surface area contributed by atoms with Gasteiger partial charge >= 0.3 is 5.97 Å². The number of hydrogen-bond acceptors (Lipinski definition) is 6. The Morgan fingerprint density at radius 3 is 2.69 bits per heavy atom. The Hall–Kier alpha value is -2.67. The van der Waals surface area contributed by atoms with Crippen LogP contribution in [0.1, 0.15) is 60.0 Å². The molecule has 1 saturated heterocycles. The third-order valence-corrected chi connectivity index (χ3v) is 6.97. The van der Waals surface area contributed by atoms with Gasteiger partial charge in [-0.2, -0.15) is 11.3 Å². The summed E-state index contributed by atoms with van der Waals surface area (Å²) in [5, 5.41) is 4.01. The smallest absolute Gasteiger partial charge is 0.312 e. The van der Waals surface area contributed by atoms with Crippen molar-refractivity contribution in [1.82, 2.24) is 4.90 Å². The highest BCUT2D eigenvalue weighted by Gasteiger charge is 2.46. The highest BCUT2D eigenvalue weighted by atomic mass is 32.1. The van der Waals surface area contributed by atoms with Crippen molar-refractivity contribution in [3.8, 4) is 11.5 Å². The van der Waals surface area contributed by atoms with Crippen molar-refractivity contribution in [3.63, 3.8) is 0 Å². The molecule has 29 heavy (non-hydrogen) atoms. The molecule has 1 aromatic carbocycles. The number of benzene rings is 1. The number of hydrogen-bond donors (Lipinski definition) is 0. The van der Waals surface area contributed by atoms with E-state index in [-0.39, 0.29) is 30.0 Å². The minimum atomic E-state index is -0.605. The number of ether oxygens (including phenoxy) is 2. The van der Waals surface area contributed by atoms with E-state index in [9.17, 15) is 14.4 Å². The lowest BCUT2D eigenvalue weighted by Gasteiger charge is -2.45. The van der Waals surface area contributed by atoms with Gasteiger partial charge in [-0.05, 0) is 34.5 Å². The number of carbonyl (C=O) groups excluding carboxylic acids is 3. The predicted molar refractivity (Wildman–Crippen MR) is 107 cm³/mol. The van der Waals surface area contributed by atoms with E-state index in [2.05, 4.69) is 0 Å². The Bertz CT molecular complexity index is 1000. The van der Waals surface area contributed by atoms with E-state index >= 15 is 0 Å². The zero-order valence-corrected chi connectivity index (χ0v) is 16.9. The Morgan fingerprint density at radius 2 is 2.00 bits per heavy atom. The maximum absolute atomic E-state index is 13.1. The standard InChI is InChI=1S/C22H21NO5S/c1-13(24)23-7-5-22(6-8-23)11-17(25)15-2-3-18-20(21(15)28-22)16(10-19(26)27-18)14-4-9-29-12-14/h2-4,9,12,16H,5-8,10-11H2,1H3. The van der Waals surface area contributed by atoms with Crippen molar-refractivity contribution in [1.29, 1.82) is 0 Å². The number of likely N-dealkylation sites (tertiary alicyclic amines) is 1. The summed E-state index contributed by atoms with van der Waals surface area (Å²) in [5.74, 6) is 0.657. The first-order valence-corrected chi connectivity index (χ1v) is 10.8. The van der Waals surface area contributed by atoms with Crippen LogP contribution in [0.4, 0.5) is 0 Å². The summed E-state index contributed by atoms with van der Waals surface area (Å²) < 4.78 is 12.1. The first kappa shape index (κ1) is 18.4. The number of amides is 1. The van der Waals surface area contributed by atoms with Crippen LogP contribution in [0.3, 0.4) is 0 Å². The van der Waals surface area contributed by atoms with Gasteiger partial charge in [-0.15, -0.1) is 0 Å². The topological polar surface area (TPSA) is 72.9 Å². The van der Waals surface area contributed by atoms with Crippen LogP contribution in [-0.2, 0) is 9.59 Å². The van der Waals surface area contributed by atoms with Gasteiger partial charge in [0.1, 0.15) is 17.1 Å². The third kappa shape index (κ3) is 3.04. The largest absolute Gasteiger partial charge is 0.485 e. The minimum absolute atomic E-state index is 0.0456. The number of thiophene rings is 1. The number of esters is 1. The zero-order chi connectivity index (χ0) is 20.2. The molecule has 0 aliphatic carbocycles. The fourth-order valence-corrected chi connectivity index (χ4v) is 5.38. The molecule has 1 unspecified atom stereocenters. The molecule has 3 aliphatic rings. The summed E-state index contributed by atoms with van der Waals surface area (Å²) in [6.45, 7) is 2.72. The van der Waals surface area contributed by atoms with Crippen LogP contribution in [0, 0.1) is 0 Å². The molecule has 0 N–H and O–H groups in total. The number of piperidine rings is 1. The molecule has 2 aromatic rings. The summed E-state index contributed by atoms with van der Waals surface area (Å²) in [5.41, 5.74) is 1.78. The highest BCUT2D eigenvalue weighted by molar-refractivity contribution is 7.08. The zero-order valence-electron chi connectivity index (χ0n) is 16.1. The molecule has 150 valence electrons. The summed E-state index contributed by atoms with van der Waals surface area (Å²) >= 11 is 1.57. The molecule has 0 bridgehead atoms. The van der Waals surface area contributed by atoms with Gasteiger partial charge in [-0.25, -0.2) is 0 Å². The normalized spacial score (nSPS) is 22.5. The highest BCUT2D eigenvalue weighted by Crippen LogP contribution is 2.50. The average molecular weight is 411 g/mol.